The Labute approximate surface area is 91.7 Å². The maximum absolute atomic E-state index is 2.34. The summed E-state index contributed by atoms with van der Waals surface area (Å²) in [6, 6.07) is 8.76. The van der Waals surface area contributed by atoms with Crippen LogP contribution in [0.5, 0.6) is 0 Å². The van der Waals surface area contributed by atoms with Crippen molar-refractivity contribution in [2.45, 2.75) is 39.5 Å². The van der Waals surface area contributed by atoms with Gasteiger partial charge in [0.25, 0.3) is 0 Å². The Bertz CT molecular complexity index is 472. The molecule has 0 bridgehead atoms. The van der Waals surface area contributed by atoms with Crippen molar-refractivity contribution in [3.05, 3.63) is 41.7 Å². The normalized spacial score (nSPS) is 12.3. The molecule has 0 fully saturated rings. The SMILES string of the molecule is CCc1cc(C(C)(C)C)c2ccccn12. The topological polar surface area (TPSA) is 4.41 Å². The van der Waals surface area contributed by atoms with Gasteiger partial charge < -0.3 is 4.40 Å². The lowest BCUT2D eigenvalue weighted by Gasteiger charge is -2.17. The van der Waals surface area contributed by atoms with Gasteiger partial charge >= 0.3 is 0 Å². The van der Waals surface area contributed by atoms with Crippen LogP contribution in [0.3, 0.4) is 0 Å². The van der Waals surface area contributed by atoms with E-state index in [0.717, 1.165) is 6.42 Å². The van der Waals surface area contributed by atoms with Crippen molar-refractivity contribution in [3.63, 3.8) is 0 Å². The molecule has 1 heteroatoms. The Morgan fingerprint density at radius 1 is 1.20 bits per heavy atom. The quantitative estimate of drug-likeness (QED) is 0.661. The summed E-state index contributed by atoms with van der Waals surface area (Å²) in [4.78, 5) is 0. The summed E-state index contributed by atoms with van der Waals surface area (Å²) >= 11 is 0. The van der Waals surface area contributed by atoms with Crippen LogP contribution in [0.4, 0.5) is 0 Å². The maximum atomic E-state index is 2.34. The zero-order chi connectivity index (χ0) is 11.1. The first-order valence-electron chi connectivity index (χ1n) is 5.63. The first kappa shape index (κ1) is 10.3. The minimum absolute atomic E-state index is 0.222. The number of aromatic nitrogens is 1. The van der Waals surface area contributed by atoms with E-state index >= 15 is 0 Å². The third-order valence-corrected chi connectivity index (χ3v) is 2.93. The van der Waals surface area contributed by atoms with Gasteiger partial charge in [-0.25, -0.2) is 0 Å². The number of aryl methyl sites for hydroxylation is 1. The summed E-state index contributed by atoms with van der Waals surface area (Å²) in [6.45, 7) is 9.03. The second-order valence-electron chi connectivity index (χ2n) is 5.11. The first-order chi connectivity index (χ1) is 7.04. The van der Waals surface area contributed by atoms with Gasteiger partial charge in [-0.2, -0.15) is 0 Å². The standard InChI is InChI=1S/C14H19N/c1-5-11-10-12(14(2,3)4)13-8-6-7-9-15(11)13/h6-10H,5H2,1-4H3. The van der Waals surface area contributed by atoms with Gasteiger partial charge in [0.05, 0.1) is 0 Å². The average molecular weight is 201 g/mol. The van der Waals surface area contributed by atoms with Crippen molar-refractivity contribution in [3.8, 4) is 0 Å². The lowest BCUT2D eigenvalue weighted by Crippen LogP contribution is -2.10. The van der Waals surface area contributed by atoms with E-state index in [1.807, 2.05) is 0 Å². The van der Waals surface area contributed by atoms with E-state index in [1.165, 1.54) is 16.8 Å². The minimum atomic E-state index is 0.222. The largest absolute Gasteiger partial charge is 0.321 e. The van der Waals surface area contributed by atoms with Crippen LogP contribution in [0, 0.1) is 0 Å². The van der Waals surface area contributed by atoms with Gasteiger partial charge in [0, 0.05) is 17.4 Å². The third kappa shape index (κ3) is 1.67. The van der Waals surface area contributed by atoms with Crippen molar-refractivity contribution >= 4 is 5.52 Å². The van der Waals surface area contributed by atoms with Crippen LogP contribution in [0.2, 0.25) is 0 Å². The van der Waals surface area contributed by atoms with Crippen LogP contribution in [0.1, 0.15) is 39.0 Å². The number of rotatable bonds is 1. The lowest BCUT2D eigenvalue weighted by molar-refractivity contribution is 0.596. The van der Waals surface area contributed by atoms with Crippen LogP contribution in [0.25, 0.3) is 5.52 Å². The summed E-state index contributed by atoms with van der Waals surface area (Å²) in [6.07, 6.45) is 3.24. The molecule has 2 heterocycles. The average Bonchev–Trinajstić information content (AvgIpc) is 2.55. The molecule has 0 saturated carbocycles. The highest BCUT2D eigenvalue weighted by Gasteiger charge is 2.19. The van der Waals surface area contributed by atoms with Gasteiger partial charge in [0.15, 0.2) is 0 Å². The molecule has 0 aliphatic rings. The van der Waals surface area contributed by atoms with Crippen LogP contribution in [0.15, 0.2) is 30.5 Å². The Morgan fingerprint density at radius 3 is 2.53 bits per heavy atom. The molecule has 0 spiro atoms. The zero-order valence-corrected chi connectivity index (χ0v) is 10.0. The van der Waals surface area contributed by atoms with Crippen LogP contribution >= 0.6 is 0 Å². The number of hydrogen-bond donors (Lipinski definition) is 0. The first-order valence-corrected chi connectivity index (χ1v) is 5.63. The predicted octanol–water partition coefficient (Wildman–Crippen LogP) is 3.80. The fourth-order valence-electron chi connectivity index (χ4n) is 2.10. The monoisotopic (exact) mass is 201 g/mol. The highest BCUT2D eigenvalue weighted by atomic mass is 14.9. The Hall–Kier alpha value is -1.24. The predicted molar refractivity (Wildman–Crippen MR) is 65.5 cm³/mol. The molecule has 0 aliphatic heterocycles. The van der Waals surface area contributed by atoms with Crippen molar-refractivity contribution < 1.29 is 0 Å². The molecule has 2 aromatic heterocycles. The number of fused-ring (bicyclic) bond motifs is 1. The molecule has 0 radical (unpaired) electrons. The molecular formula is C14H19N. The van der Waals surface area contributed by atoms with E-state index < -0.39 is 0 Å². The fraction of sp³-hybridized carbons (Fsp3) is 0.429. The van der Waals surface area contributed by atoms with Crippen LogP contribution < -0.4 is 0 Å². The molecule has 2 rings (SSSR count). The molecule has 1 nitrogen and oxygen atoms in total. The summed E-state index contributed by atoms with van der Waals surface area (Å²) in [7, 11) is 0. The van der Waals surface area contributed by atoms with Gasteiger partial charge in [0.1, 0.15) is 0 Å². The minimum Gasteiger partial charge on any atom is -0.321 e. The lowest BCUT2D eigenvalue weighted by atomic mass is 9.87. The smallest absolute Gasteiger partial charge is 0.0490 e. The number of hydrogen-bond acceptors (Lipinski definition) is 0. The van der Waals surface area contributed by atoms with Crippen molar-refractivity contribution in [1.29, 1.82) is 0 Å². The fourth-order valence-corrected chi connectivity index (χ4v) is 2.10. The molecule has 0 atom stereocenters. The molecule has 0 unspecified atom stereocenters. The van der Waals surface area contributed by atoms with E-state index in [2.05, 4.69) is 62.6 Å². The van der Waals surface area contributed by atoms with Crippen LogP contribution in [-0.2, 0) is 11.8 Å². The zero-order valence-electron chi connectivity index (χ0n) is 10.0. The third-order valence-electron chi connectivity index (χ3n) is 2.93. The molecule has 0 N–H and O–H groups in total. The molecule has 0 saturated heterocycles. The molecular weight excluding hydrogens is 182 g/mol. The Balaban J connectivity index is 2.76. The van der Waals surface area contributed by atoms with Gasteiger partial charge in [-0.1, -0.05) is 33.8 Å². The molecule has 2 aromatic rings. The number of pyridine rings is 1. The van der Waals surface area contributed by atoms with Crippen molar-refractivity contribution in [1.82, 2.24) is 4.40 Å². The maximum Gasteiger partial charge on any atom is 0.0490 e. The molecule has 0 aromatic carbocycles. The second-order valence-corrected chi connectivity index (χ2v) is 5.11. The van der Waals surface area contributed by atoms with E-state index in [1.54, 1.807) is 0 Å². The Morgan fingerprint density at radius 2 is 1.93 bits per heavy atom. The highest BCUT2D eigenvalue weighted by molar-refractivity contribution is 5.60. The molecule has 15 heavy (non-hydrogen) atoms. The van der Waals surface area contributed by atoms with Crippen molar-refractivity contribution in [2.75, 3.05) is 0 Å². The van der Waals surface area contributed by atoms with E-state index in [-0.39, 0.29) is 5.41 Å². The van der Waals surface area contributed by atoms with Crippen molar-refractivity contribution in [2.24, 2.45) is 0 Å². The Kier molecular flexibility index (Phi) is 2.34. The van der Waals surface area contributed by atoms with Gasteiger partial charge in [-0.15, -0.1) is 0 Å². The van der Waals surface area contributed by atoms with Gasteiger partial charge in [0.2, 0.25) is 0 Å². The summed E-state index contributed by atoms with van der Waals surface area (Å²) < 4.78 is 2.31. The molecule has 0 amide bonds. The molecule has 0 aliphatic carbocycles. The molecule has 80 valence electrons. The van der Waals surface area contributed by atoms with Gasteiger partial charge in [-0.3, -0.25) is 0 Å². The van der Waals surface area contributed by atoms with E-state index in [9.17, 15) is 0 Å². The van der Waals surface area contributed by atoms with Gasteiger partial charge in [-0.05, 0) is 35.6 Å². The number of nitrogens with zero attached hydrogens (tertiary/aromatic N) is 1. The van der Waals surface area contributed by atoms with Crippen LogP contribution in [-0.4, -0.2) is 4.40 Å². The second kappa shape index (κ2) is 3.41. The van der Waals surface area contributed by atoms with E-state index in [0.29, 0.717) is 0 Å². The summed E-state index contributed by atoms with van der Waals surface area (Å²) in [5, 5.41) is 0. The van der Waals surface area contributed by atoms with E-state index in [4.69, 9.17) is 0 Å². The summed E-state index contributed by atoms with van der Waals surface area (Å²) in [5.74, 6) is 0. The highest BCUT2D eigenvalue weighted by Crippen LogP contribution is 2.29. The summed E-state index contributed by atoms with van der Waals surface area (Å²) in [5.41, 5.74) is 4.41.